The summed E-state index contributed by atoms with van der Waals surface area (Å²) in [5.41, 5.74) is 0.350. The van der Waals surface area contributed by atoms with Crippen molar-refractivity contribution in [2.45, 2.75) is 13.8 Å². The minimum absolute atomic E-state index is 0.114. The maximum Gasteiger partial charge on any atom is 0.343 e. The fourth-order valence-corrected chi connectivity index (χ4v) is 1.76. The number of esters is 1. The molecule has 2 rings (SSSR count). The zero-order chi connectivity index (χ0) is 13.8. The van der Waals surface area contributed by atoms with E-state index in [2.05, 4.69) is 0 Å². The minimum atomic E-state index is -0.556. The molecule has 0 spiro atoms. The molecule has 1 heterocycles. The molecule has 100 valence electrons. The predicted molar refractivity (Wildman–Crippen MR) is 69.2 cm³/mol. The highest BCUT2D eigenvalue weighted by Gasteiger charge is 2.14. The van der Waals surface area contributed by atoms with Gasteiger partial charge < -0.3 is 13.9 Å². The van der Waals surface area contributed by atoms with Gasteiger partial charge in [0.15, 0.2) is 11.3 Å². The first-order valence-corrected chi connectivity index (χ1v) is 6.08. The summed E-state index contributed by atoms with van der Waals surface area (Å²) in [6.45, 7) is 4.34. The van der Waals surface area contributed by atoms with Crippen LogP contribution in [0.3, 0.4) is 0 Å². The molecule has 1 aromatic heterocycles. The Bertz CT molecular complexity index is 660. The average Bonchev–Trinajstić information content (AvgIpc) is 2.39. The largest absolute Gasteiger partial charge is 0.490 e. The molecule has 0 radical (unpaired) electrons. The van der Waals surface area contributed by atoms with Crippen LogP contribution in [-0.2, 0) is 4.74 Å². The van der Waals surface area contributed by atoms with E-state index in [1.165, 1.54) is 0 Å². The number of nitrogens with one attached hydrogen (secondary N) is 1. The Morgan fingerprint density at radius 2 is 2.11 bits per heavy atom. The SMILES string of the molecule is CCOC(=O)c1cc2cccc(OCC)c2oc1=N. The standard InChI is InChI=1S/C14H15NO4/c1-3-17-11-7-5-6-9-8-10(14(16)18-4-2)13(15)19-12(9)11/h5-8,15H,3-4H2,1-2H3. The first kappa shape index (κ1) is 13.1. The number of carbonyl (C=O) groups is 1. The van der Waals surface area contributed by atoms with E-state index in [0.29, 0.717) is 23.3 Å². The van der Waals surface area contributed by atoms with Crippen LogP contribution < -0.4 is 10.3 Å². The van der Waals surface area contributed by atoms with Gasteiger partial charge in [-0.15, -0.1) is 0 Å². The molecule has 0 aliphatic rings. The zero-order valence-corrected chi connectivity index (χ0v) is 10.9. The van der Waals surface area contributed by atoms with Crippen LogP contribution in [0.4, 0.5) is 0 Å². The first-order valence-electron chi connectivity index (χ1n) is 6.08. The second-order valence-electron chi connectivity index (χ2n) is 3.82. The number of ether oxygens (including phenoxy) is 2. The van der Waals surface area contributed by atoms with E-state index in [1.807, 2.05) is 6.92 Å². The van der Waals surface area contributed by atoms with Crippen LogP contribution in [0, 0.1) is 5.41 Å². The van der Waals surface area contributed by atoms with E-state index in [9.17, 15) is 4.79 Å². The topological polar surface area (TPSA) is 72.5 Å². The maximum absolute atomic E-state index is 11.7. The van der Waals surface area contributed by atoms with Crippen LogP contribution in [-0.4, -0.2) is 19.2 Å². The Kier molecular flexibility index (Phi) is 3.85. The van der Waals surface area contributed by atoms with E-state index in [1.54, 1.807) is 31.2 Å². The van der Waals surface area contributed by atoms with Crippen molar-refractivity contribution in [3.05, 3.63) is 35.4 Å². The molecular weight excluding hydrogens is 246 g/mol. The Morgan fingerprint density at radius 3 is 2.79 bits per heavy atom. The molecule has 0 aliphatic heterocycles. The number of hydrogen-bond acceptors (Lipinski definition) is 5. The summed E-state index contributed by atoms with van der Waals surface area (Å²) in [6, 6.07) is 6.95. The van der Waals surface area contributed by atoms with E-state index in [0.717, 1.165) is 0 Å². The summed E-state index contributed by atoms with van der Waals surface area (Å²) in [6.07, 6.45) is 0. The minimum Gasteiger partial charge on any atom is -0.490 e. The van der Waals surface area contributed by atoms with Crippen molar-refractivity contribution in [1.29, 1.82) is 5.41 Å². The Morgan fingerprint density at radius 1 is 1.32 bits per heavy atom. The van der Waals surface area contributed by atoms with Crippen molar-refractivity contribution < 1.29 is 18.7 Å². The number of fused-ring (bicyclic) bond motifs is 1. The van der Waals surface area contributed by atoms with Crippen molar-refractivity contribution in [2.24, 2.45) is 0 Å². The summed E-state index contributed by atoms with van der Waals surface area (Å²) in [5.74, 6) is 0.00359. The van der Waals surface area contributed by atoms with E-state index in [-0.39, 0.29) is 17.7 Å². The van der Waals surface area contributed by atoms with Crippen LogP contribution in [0.2, 0.25) is 0 Å². The molecule has 0 unspecified atom stereocenters. The third kappa shape index (κ3) is 2.59. The summed E-state index contributed by atoms with van der Waals surface area (Å²) < 4.78 is 15.7. The second kappa shape index (κ2) is 5.56. The molecule has 0 aliphatic carbocycles. The molecule has 0 saturated carbocycles. The molecule has 0 saturated heterocycles. The van der Waals surface area contributed by atoms with Crippen molar-refractivity contribution in [2.75, 3.05) is 13.2 Å². The van der Waals surface area contributed by atoms with E-state index >= 15 is 0 Å². The smallest absolute Gasteiger partial charge is 0.343 e. The van der Waals surface area contributed by atoms with Crippen LogP contribution in [0.15, 0.2) is 28.7 Å². The number of benzene rings is 1. The lowest BCUT2D eigenvalue weighted by atomic mass is 10.1. The average molecular weight is 261 g/mol. The molecule has 5 nitrogen and oxygen atoms in total. The number of hydrogen-bond donors (Lipinski definition) is 1. The quantitative estimate of drug-likeness (QED) is 0.858. The van der Waals surface area contributed by atoms with Gasteiger partial charge in [0, 0.05) is 5.39 Å². The van der Waals surface area contributed by atoms with Crippen LogP contribution in [0.5, 0.6) is 5.75 Å². The van der Waals surface area contributed by atoms with Gasteiger partial charge in [-0.3, -0.25) is 5.41 Å². The molecule has 0 atom stereocenters. The molecular formula is C14H15NO4. The van der Waals surface area contributed by atoms with Gasteiger partial charge in [0.1, 0.15) is 5.56 Å². The maximum atomic E-state index is 11.7. The van der Waals surface area contributed by atoms with Crippen LogP contribution in [0.25, 0.3) is 11.0 Å². The Balaban J connectivity index is 2.58. The second-order valence-corrected chi connectivity index (χ2v) is 3.82. The van der Waals surface area contributed by atoms with Gasteiger partial charge in [-0.05, 0) is 26.0 Å². The molecule has 0 bridgehead atoms. The molecule has 1 N–H and O–H groups in total. The Hall–Kier alpha value is -2.30. The number of rotatable bonds is 4. The molecule has 0 fully saturated rings. The lowest BCUT2D eigenvalue weighted by molar-refractivity contribution is 0.0520. The highest BCUT2D eigenvalue weighted by molar-refractivity contribution is 5.93. The van der Waals surface area contributed by atoms with Gasteiger partial charge in [0.05, 0.1) is 13.2 Å². The van der Waals surface area contributed by atoms with Crippen LogP contribution >= 0.6 is 0 Å². The van der Waals surface area contributed by atoms with Gasteiger partial charge >= 0.3 is 5.97 Å². The lowest BCUT2D eigenvalue weighted by Gasteiger charge is -2.07. The third-order valence-corrected chi connectivity index (χ3v) is 2.55. The number of carbonyl (C=O) groups excluding carboxylic acids is 1. The highest BCUT2D eigenvalue weighted by Crippen LogP contribution is 2.24. The first-order chi connectivity index (χ1) is 9.17. The highest BCUT2D eigenvalue weighted by atomic mass is 16.5. The monoisotopic (exact) mass is 261 g/mol. The normalized spacial score (nSPS) is 10.4. The predicted octanol–water partition coefficient (Wildman–Crippen LogP) is 2.49. The van der Waals surface area contributed by atoms with Crippen molar-refractivity contribution >= 4 is 16.9 Å². The molecule has 5 heteroatoms. The van der Waals surface area contributed by atoms with Gasteiger partial charge in [-0.25, -0.2) is 4.79 Å². The van der Waals surface area contributed by atoms with Gasteiger partial charge in [0.25, 0.3) is 0 Å². The number of para-hydroxylation sites is 1. The summed E-state index contributed by atoms with van der Waals surface area (Å²) >= 11 is 0. The molecule has 19 heavy (non-hydrogen) atoms. The molecule has 1 aromatic carbocycles. The molecule has 0 amide bonds. The summed E-state index contributed by atoms with van der Waals surface area (Å²) in [4.78, 5) is 11.7. The van der Waals surface area contributed by atoms with Crippen LogP contribution in [0.1, 0.15) is 24.2 Å². The van der Waals surface area contributed by atoms with E-state index in [4.69, 9.17) is 19.3 Å². The molecule has 2 aromatic rings. The van der Waals surface area contributed by atoms with Crippen molar-refractivity contribution in [3.63, 3.8) is 0 Å². The lowest BCUT2D eigenvalue weighted by Crippen LogP contribution is -2.16. The van der Waals surface area contributed by atoms with Crippen molar-refractivity contribution in [1.82, 2.24) is 0 Å². The Labute approximate surface area is 110 Å². The zero-order valence-electron chi connectivity index (χ0n) is 10.9. The summed E-state index contributed by atoms with van der Waals surface area (Å²) in [7, 11) is 0. The van der Waals surface area contributed by atoms with Gasteiger partial charge in [-0.2, -0.15) is 0 Å². The van der Waals surface area contributed by atoms with Gasteiger partial charge in [0.2, 0.25) is 5.55 Å². The summed E-state index contributed by atoms with van der Waals surface area (Å²) in [5, 5.41) is 8.47. The fraction of sp³-hybridized carbons (Fsp3) is 0.286. The van der Waals surface area contributed by atoms with E-state index < -0.39 is 5.97 Å². The fourth-order valence-electron chi connectivity index (χ4n) is 1.76. The third-order valence-electron chi connectivity index (χ3n) is 2.55. The van der Waals surface area contributed by atoms with Crippen molar-refractivity contribution in [3.8, 4) is 5.75 Å². The van der Waals surface area contributed by atoms with Gasteiger partial charge in [-0.1, -0.05) is 12.1 Å².